The minimum absolute atomic E-state index is 0. The van der Waals surface area contributed by atoms with Crippen molar-refractivity contribution >= 4 is 54.0 Å². The predicted molar refractivity (Wildman–Crippen MR) is 268 cm³/mol. The molecule has 0 saturated heterocycles. The van der Waals surface area contributed by atoms with Gasteiger partial charge in [-0.1, -0.05) is 130 Å². The summed E-state index contributed by atoms with van der Waals surface area (Å²) in [7, 11) is 0. The summed E-state index contributed by atoms with van der Waals surface area (Å²) in [6.45, 7) is 35.9. The van der Waals surface area contributed by atoms with Gasteiger partial charge in [0.2, 0.25) is 0 Å². The van der Waals surface area contributed by atoms with E-state index in [0.717, 1.165) is 0 Å². The van der Waals surface area contributed by atoms with Gasteiger partial charge in [0, 0.05) is 0 Å². The molecule has 0 amide bonds. The van der Waals surface area contributed by atoms with Crippen molar-refractivity contribution in [3.8, 4) is 0 Å². The Morgan fingerprint density at radius 1 is 0.339 bits per heavy atom. The van der Waals surface area contributed by atoms with E-state index in [1.54, 1.807) is 46.7 Å². The Labute approximate surface area is 420 Å². The van der Waals surface area contributed by atoms with Crippen LogP contribution in [0.2, 0.25) is 26.2 Å². The Balaban J connectivity index is 0.000000386. The van der Waals surface area contributed by atoms with Gasteiger partial charge in [-0.3, -0.25) is 0 Å². The molecule has 0 atom stereocenters. The molecular formula is C56H72Cl2Si2Zr2-2. The Morgan fingerprint density at radius 3 is 0.645 bits per heavy atom. The summed E-state index contributed by atoms with van der Waals surface area (Å²) in [5.74, 6) is 2.46. The van der Waals surface area contributed by atoms with Crippen LogP contribution < -0.4 is 24.8 Å². The topological polar surface area (TPSA) is 0 Å². The van der Waals surface area contributed by atoms with Crippen molar-refractivity contribution in [3.63, 3.8) is 0 Å². The van der Waals surface area contributed by atoms with Gasteiger partial charge in [0.05, 0.1) is 0 Å². The summed E-state index contributed by atoms with van der Waals surface area (Å²) in [6.07, 6.45) is 0. The second-order valence-electron chi connectivity index (χ2n) is 17.9. The molecule has 0 fully saturated rings. The van der Waals surface area contributed by atoms with Crippen LogP contribution in [0.15, 0.2) is 121 Å². The molecule has 62 heavy (non-hydrogen) atoms. The van der Waals surface area contributed by atoms with Crippen LogP contribution in [-0.2, 0) is 46.7 Å². The average Bonchev–Trinajstić information content (AvgIpc) is 4.00. The van der Waals surface area contributed by atoms with Gasteiger partial charge in [-0.2, -0.15) is 48.5 Å². The van der Waals surface area contributed by atoms with Crippen LogP contribution in [0, 0.1) is 27.7 Å². The third-order valence-electron chi connectivity index (χ3n) is 10.7. The van der Waals surface area contributed by atoms with Crippen LogP contribution in [-0.4, -0.2) is 10.9 Å². The zero-order valence-corrected chi connectivity index (χ0v) is 49.0. The molecular weight excluding hydrogens is 982 g/mol. The maximum atomic E-state index is 2.31. The number of benzene rings is 4. The van der Waals surface area contributed by atoms with Gasteiger partial charge in [0.15, 0.2) is 0 Å². The van der Waals surface area contributed by atoms with Gasteiger partial charge in [-0.25, -0.2) is 0 Å². The summed E-state index contributed by atoms with van der Waals surface area (Å²) in [5.41, 5.74) is 11.8. The molecule has 0 aromatic heterocycles. The zero-order chi connectivity index (χ0) is 44.8. The zero-order valence-electron chi connectivity index (χ0n) is 40.6. The molecule has 328 valence electrons. The van der Waals surface area contributed by atoms with E-state index in [0.29, 0.717) is 23.7 Å². The molecule has 0 aliphatic rings. The van der Waals surface area contributed by atoms with Gasteiger partial charge in [-0.15, -0.1) is 114 Å². The van der Waals surface area contributed by atoms with Gasteiger partial charge in [0.25, 0.3) is 0 Å². The van der Waals surface area contributed by atoms with Crippen molar-refractivity contribution in [1.29, 1.82) is 0 Å². The number of aryl methyl sites for hydroxylation is 4. The fourth-order valence-corrected chi connectivity index (χ4v) is 7.65. The van der Waals surface area contributed by atoms with E-state index >= 15 is 0 Å². The maximum absolute atomic E-state index is 2.31. The van der Waals surface area contributed by atoms with Crippen molar-refractivity contribution in [3.05, 3.63) is 166 Å². The number of hydrogen-bond donors (Lipinski definition) is 0. The number of fused-ring (bicyclic) bond motifs is 4. The SMILES string of the molecule is C[Si](C)=[Zr+2].C[Si](C)=[Zr+2].Cc1ccc(C(C)C)c2cc[cH-]c12.Cc1ccc(C(C)C)c2cc[cH-]c12.Cc1ccc(C(C)C)c2cc[cH-]c12.Cc1ccc(C(C)C)c2cc[cH-]c12.[Cl-].[Cl-]. The predicted octanol–water partition coefficient (Wildman–Crippen LogP) is 11.5. The van der Waals surface area contributed by atoms with Gasteiger partial charge in [-0.05, 0) is 23.7 Å². The van der Waals surface area contributed by atoms with E-state index in [2.05, 4.69) is 231 Å². The summed E-state index contributed by atoms with van der Waals surface area (Å²) in [4.78, 5) is 0. The van der Waals surface area contributed by atoms with Crippen molar-refractivity contribution in [2.24, 2.45) is 0 Å². The summed E-state index contributed by atoms with van der Waals surface area (Å²) in [6, 6.07) is 44.2. The van der Waals surface area contributed by atoms with Crippen LogP contribution in [0.5, 0.6) is 0 Å². The minimum atomic E-state index is 0. The molecule has 0 heterocycles. The molecule has 0 aliphatic heterocycles. The van der Waals surface area contributed by atoms with Crippen LogP contribution in [0.25, 0.3) is 43.1 Å². The second-order valence-corrected chi connectivity index (χ2v) is 36.7. The summed E-state index contributed by atoms with van der Waals surface area (Å²) < 4.78 is 0. The van der Waals surface area contributed by atoms with Crippen molar-refractivity contribution < 1.29 is 71.5 Å². The van der Waals surface area contributed by atoms with Gasteiger partial charge >= 0.3 is 83.7 Å². The average molecular weight is 1050 g/mol. The first-order chi connectivity index (χ1) is 28.3. The molecule has 0 unspecified atom stereocenters. The van der Waals surface area contributed by atoms with E-state index in [-0.39, 0.29) is 35.7 Å². The summed E-state index contributed by atoms with van der Waals surface area (Å²) in [5, 5.41) is 11.3. The molecule has 0 N–H and O–H groups in total. The normalized spacial score (nSPS) is 10.5. The Morgan fingerprint density at radius 2 is 0.500 bits per heavy atom. The molecule has 0 nitrogen and oxygen atoms in total. The first-order valence-electron chi connectivity index (χ1n) is 21.9. The minimum Gasteiger partial charge on any atom is -1.00 e. The van der Waals surface area contributed by atoms with E-state index < -0.39 is 0 Å². The molecule has 8 rings (SSSR count). The molecule has 8 aromatic carbocycles. The van der Waals surface area contributed by atoms with Crippen molar-refractivity contribution in [2.45, 2.75) is 133 Å². The Hall–Kier alpha value is -1.90. The quantitative estimate of drug-likeness (QED) is 0.122. The van der Waals surface area contributed by atoms with Crippen LogP contribution in [0.3, 0.4) is 0 Å². The van der Waals surface area contributed by atoms with E-state index in [1.807, 2.05) is 0 Å². The molecule has 0 aliphatic carbocycles. The molecule has 6 heteroatoms. The summed E-state index contributed by atoms with van der Waals surface area (Å²) >= 11 is 3.48. The van der Waals surface area contributed by atoms with Crippen molar-refractivity contribution in [2.75, 3.05) is 0 Å². The van der Waals surface area contributed by atoms with Crippen LogP contribution in [0.4, 0.5) is 0 Å². The second kappa shape index (κ2) is 28.2. The van der Waals surface area contributed by atoms with Crippen LogP contribution >= 0.6 is 0 Å². The smallest absolute Gasteiger partial charge is 0.0308 e. The van der Waals surface area contributed by atoms with Gasteiger partial charge in [0.1, 0.15) is 0 Å². The maximum Gasteiger partial charge on any atom is -0.0308 e. The molecule has 0 bridgehead atoms. The molecule has 0 saturated carbocycles. The third kappa shape index (κ3) is 16.8. The van der Waals surface area contributed by atoms with Crippen molar-refractivity contribution in [1.82, 2.24) is 0 Å². The van der Waals surface area contributed by atoms with E-state index in [4.69, 9.17) is 0 Å². The van der Waals surface area contributed by atoms with E-state index in [1.165, 1.54) is 87.6 Å². The first kappa shape index (κ1) is 58.1. The fourth-order valence-electron chi connectivity index (χ4n) is 7.65. The monoisotopic (exact) mass is 1050 g/mol. The number of hydrogen-bond acceptors (Lipinski definition) is 0. The standard InChI is InChI=1S/4C13H15.2C2H6Si.2ClH.2Zr/c4*1-9(2)11-8-7-10(3)12-5-4-6-13(11)12;2*1-3-2;;;;/h4*4-9H,1-3H3;2*1-2H3;2*1H;;/q4*-1;;;;;2*+2/p-2. The first-order valence-corrected chi connectivity index (χ1v) is 34.3. The molecule has 0 spiro atoms. The number of rotatable bonds is 4. The number of halogens is 2. The Kier molecular flexibility index (Phi) is 26.4. The fraction of sp³-hybridized carbons (Fsp3) is 0.357. The largest absolute Gasteiger partial charge is 1.00 e. The van der Waals surface area contributed by atoms with Crippen LogP contribution in [0.1, 0.15) is 124 Å². The molecule has 8 aromatic rings. The van der Waals surface area contributed by atoms with E-state index in [9.17, 15) is 0 Å². The molecule has 0 radical (unpaired) electrons. The van der Waals surface area contributed by atoms with Gasteiger partial charge < -0.3 is 24.8 Å². The third-order valence-corrected chi connectivity index (χ3v) is 10.7. The Bertz CT molecular complexity index is 2230.